The van der Waals surface area contributed by atoms with Crippen LogP contribution in [-0.2, 0) is 0 Å². The lowest BCUT2D eigenvalue weighted by atomic mass is 9.99. The maximum Gasteiger partial charge on any atom is 0.251 e. The van der Waals surface area contributed by atoms with Gasteiger partial charge in [0.05, 0.1) is 5.02 Å². The Balaban J connectivity index is 0.00000180. The fourth-order valence-electron chi connectivity index (χ4n) is 2.13. The van der Waals surface area contributed by atoms with Gasteiger partial charge in [-0.15, -0.1) is 12.4 Å². The second-order valence-corrected chi connectivity index (χ2v) is 5.86. The van der Waals surface area contributed by atoms with Crippen molar-refractivity contribution in [1.82, 2.24) is 10.6 Å². The fraction of sp³-hybridized carbons (Fsp3) is 0.462. The lowest BCUT2D eigenvalue weighted by Gasteiger charge is -2.30. The molecule has 0 saturated carbocycles. The zero-order chi connectivity index (χ0) is 13.1. The van der Waals surface area contributed by atoms with Crippen LogP contribution in [0.4, 0.5) is 0 Å². The monoisotopic (exact) mass is 366 g/mol. The van der Waals surface area contributed by atoms with Crippen molar-refractivity contribution in [2.45, 2.75) is 31.8 Å². The molecule has 0 aromatic heterocycles. The van der Waals surface area contributed by atoms with Crippen LogP contribution in [-0.4, -0.2) is 24.5 Å². The number of carbonyl (C=O) groups excluding carboxylic acids is 1. The van der Waals surface area contributed by atoms with Gasteiger partial charge in [0.2, 0.25) is 0 Å². The predicted octanol–water partition coefficient (Wildman–Crippen LogP) is 3.39. The van der Waals surface area contributed by atoms with Gasteiger partial charge in [0.1, 0.15) is 0 Å². The summed E-state index contributed by atoms with van der Waals surface area (Å²) in [4.78, 5) is 12.1. The zero-order valence-corrected chi connectivity index (χ0v) is 13.7. The molecule has 2 N–H and O–H groups in total. The van der Waals surface area contributed by atoms with Crippen LogP contribution in [0, 0.1) is 0 Å². The first kappa shape index (κ1) is 16.8. The number of carbonyl (C=O) groups is 1. The van der Waals surface area contributed by atoms with Crippen molar-refractivity contribution in [3.63, 3.8) is 0 Å². The number of benzene rings is 1. The fourth-order valence-corrected chi connectivity index (χ4v) is 2.56. The molecule has 0 radical (unpaired) electrons. The summed E-state index contributed by atoms with van der Waals surface area (Å²) in [6, 6.07) is 5.75. The molecular weight excluding hydrogens is 351 g/mol. The van der Waals surface area contributed by atoms with Crippen molar-refractivity contribution in [3.8, 4) is 0 Å². The van der Waals surface area contributed by atoms with Gasteiger partial charge in [-0.05, 0) is 60.4 Å². The summed E-state index contributed by atoms with van der Waals surface area (Å²) in [5.41, 5.74) is 0.598. The molecule has 19 heavy (non-hydrogen) atoms. The van der Waals surface area contributed by atoms with Crippen LogP contribution in [0.15, 0.2) is 22.7 Å². The van der Waals surface area contributed by atoms with Gasteiger partial charge in [-0.1, -0.05) is 11.6 Å². The third kappa shape index (κ3) is 4.35. The molecule has 0 spiro atoms. The van der Waals surface area contributed by atoms with Crippen LogP contribution in [0.2, 0.25) is 5.02 Å². The Kier molecular flexibility index (Phi) is 6.60. The molecule has 2 rings (SSSR count). The molecule has 0 bridgehead atoms. The molecule has 3 nitrogen and oxygen atoms in total. The van der Waals surface area contributed by atoms with E-state index in [4.69, 9.17) is 11.6 Å². The minimum atomic E-state index is -0.0649. The van der Waals surface area contributed by atoms with Gasteiger partial charge in [0.15, 0.2) is 0 Å². The number of nitrogens with one attached hydrogen (secondary N) is 2. The third-order valence-electron chi connectivity index (χ3n) is 3.26. The Labute approximate surface area is 133 Å². The summed E-state index contributed by atoms with van der Waals surface area (Å²) in [6.07, 6.45) is 2.11. The van der Waals surface area contributed by atoms with Crippen molar-refractivity contribution >= 4 is 45.8 Å². The molecule has 1 amide bonds. The predicted molar refractivity (Wildman–Crippen MR) is 84.4 cm³/mol. The minimum absolute atomic E-state index is 0. The number of hydrogen-bond acceptors (Lipinski definition) is 2. The number of amides is 1. The van der Waals surface area contributed by atoms with E-state index in [0.717, 1.165) is 23.9 Å². The quantitative estimate of drug-likeness (QED) is 0.841. The normalized spacial score (nSPS) is 22.5. The average Bonchev–Trinajstić information content (AvgIpc) is 2.35. The van der Waals surface area contributed by atoms with Gasteiger partial charge < -0.3 is 10.6 Å². The van der Waals surface area contributed by atoms with Gasteiger partial charge in [-0.25, -0.2) is 0 Å². The first-order valence-electron chi connectivity index (χ1n) is 6.07. The lowest BCUT2D eigenvalue weighted by Crippen LogP contribution is -2.51. The molecule has 1 aromatic rings. The Morgan fingerprint density at radius 2 is 2.26 bits per heavy atom. The molecule has 1 fully saturated rings. The maximum atomic E-state index is 12.1. The topological polar surface area (TPSA) is 41.1 Å². The largest absolute Gasteiger partial charge is 0.348 e. The van der Waals surface area contributed by atoms with E-state index in [1.165, 1.54) is 0 Å². The summed E-state index contributed by atoms with van der Waals surface area (Å²) in [6.45, 7) is 3.12. The summed E-state index contributed by atoms with van der Waals surface area (Å²) >= 11 is 9.30. The van der Waals surface area contributed by atoms with Crippen molar-refractivity contribution in [2.24, 2.45) is 0 Å². The second kappa shape index (κ2) is 7.48. The number of rotatable bonds is 2. The molecule has 1 heterocycles. The number of halogens is 3. The standard InChI is InChI=1S/C13H16BrClN2O.ClH/c1-8-12(3-2-6-16-8)17-13(18)9-4-5-10(14)11(15)7-9;/h4-5,7-8,12,16H,2-3,6H2,1H3,(H,17,18);1H. The van der Waals surface area contributed by atoms with Crippen LogP contribution in [0.5, 0.6) is 0 Å². The van der Waals surface area contributed by atoms with E-state index >= 15 is 0 Å². The molecular formula is C13H17BrCl2N2O. The van der Waals surface area contributed by atoms with Gasteiger partial charge in [-0.2, -0.15) is 0 Å². The highest BCUT2D eigenvalue weighted by Crippen LogP contribution is 2.23. The van der Waals surface area contributed by atoms with Crippen molar-refractivity contribution < 1.29 is 4.79 Å². The summed E-state index contributed by atoms with van der Waals surface area (Å²) in [7, 11) is 0. The maximum absolute atomic E-state index is 12.1. The molecule has 1 aliphatic heterocycles. The highest BCUT2D eigenvalue weighted by atomic mass is 79.9. The molecule has 1 aliphatic rings. The molecule has 2 atom stereocenters. The smallest absolute Gasteiger partial charge is 0.251 e. The van der Waals surface area contributed by atoms with Gasteiger partial charge >= 0.3 is 0 Å². The van der Waals surface area contributed by atoms with Crippen LogP contribution in [0.1, 0.15) is 30.1 Å². The highest BCUT2D eigenvalue weighted by Gasteiger charge is 2.22. The van der Waals surface area contributed by atoms with Crippen LogP contribution in [0.3, 0.4) is 0 Å². The Hall–Kier alpha value is -0.290. The van der Waals surface area contributed by atoms with Crippen LogP contribution >= 0.6 is 39.9 Å². The Bertz CT molecular complexity index is 456. The van der Waals surface area contributed by atoms with Crippen LogP contribution < -0.4 is 10.6 Å². The molecule has 6 heteroatoms. The van der Waals surface area contributed by atoms with E-state index in [0.29, 0.717) is 16.6 Å². The van der Waals surface area contributed by atoms with E-state index in [1.54, 1.807) is 18.2 Å². The van der Waals surface area contributed by atoms with E-state index in [1.807, 2.05) is 0 Å². The van der Waals surface area contributed by atoms with Gasteiger partial charge in [0, 0.05) is 22.1 Å². The van der Waals surface area contributed by atoms with E-state index < -0.39 is 0 Å². The molecule has 1 saturated heterocycles. The zero-order valence-electron chi connectivity index (χ0n) is 10.6. The molecule has 1 aromatic carbocycles. The lowest BCUT2D eigenvalue weighted by molar-refractivity contribution is 0.0920. The highest BCUT2D eigenvalue weighted by molar-refractivity contribution is 9.10. The SMILES string of the molecule is CC1NCCCC1NC(=O)c1ccc(Br)c(Cl)c1.Cl. The van der Waals surface area contributed by atoms with Crippen molar-refractivity contribution in [1.29, 1.82) is 0 Å². The Morgan fingerprint density at radius 3 is 2.89 bits per heavy atom. The van der Waals surface area contributed by atoms with E-state index in [-0.39, 0.29) is 24.4 Å². The van der Waals surface area contributed by atoms with Gasteiger partial charge in [0.25, 0.3) is 5.91 Å². The molecule has 106 valence electrons. The van der Waals surface area contributed by atoms with Gasteiger partial charge in [-0.3, -0.25) is 4.79 Å². The minimum Gasteiger partial charge on any atom is -0.348 e. The summed E-state index contributed by atoms with van der Waals surface area (Å²) in [5, 5.41) is 6.97. The molecule has 2 unspecified atom stereocenters. The first-order chi connectivity index (χ1) is 8.58. The van der Waals surface area contributed by atoms with Crippen molar-refractivity contribution in [2.75, 3.05) is 6.54 Å². The second-order valence-electron chi connectivity index (χ2n) is 4.59. The first-order valence-corrected chi connectivity index (χ1v) is 7.24. The Morgan fingerprint density at radius 1 is 1.53 bits per heavy atom. The molecule has 0 aliphatic carbocycles. The van der Waals surface area contributed by atoms with E-state index in [2.05, 4.69) is 33.5 Å². The summed E-state index contributed by atoms with van der Waals surface area (Å²) < 4.78 is 0.799. The number of piperidine rings is 1. The van der Waals surface area contributed by atoms with Crippen LogP contribution in [0.25, 0.3) is 0 Å². The summed E-state index contributed by atoms with van der Waals surface area (Å²) in [5.74, 6) is -0.0649. The number of hydrogen-bond donors (Lipinski definition) is 2. The average molecular weight is 368 g/mol. The third-order valence-corrected chi connectivity index (χ3v) is 4.49. The van der Waals surface area contributed by atoms with Crippen molar-refractivity contribution in [3.05, 3.63) is 33.3 Å². The van der Waals surface area contributed by atoms with E-state index in [9.17, 15) is 4.79 Å².